The van der Waals surface area contributed by atoms with Crippen molar-refractivity contribution >= 4 is 9.04 Å². The fourth-order valence-electron chi connectivity index (χ4n) is 1.41. The van der Waals surface area contributed by atoms with E-state index < -0.39 is 9.04 Å². The van der Waals surface area contributed by atoms with Gasteiger partial charge in [-0.1, -0.05) is 13.3 Å². The lowest BCUT2D eigenvalue weighted by atomic mass is 10.4. The maximum absolute atomic E-state index is 5.68. The van der Waals surface area contributed by atoms with Crippen LogP contribution < -0.4 is 5.73 Å². The SMILES string of the molecule is CC(N)C[SiH]1CCCCO1. The second kappa shape index (κ2) is 4.11. The third-order valence-corrected chi connectivity index (χ3v) is 4.94. The lowest BCUT2D eigenvalue weighted by molar-refractivity contribution is 0.285. The maximum Gasteiger partial charge on any atom is 0.178 e. The lowest BCUT2D eigenvalue weighted by Gasteiger charge is -2.22. The monoisotopic (exact) mass is 159 g/mol. The van der Waals surface area contributed by atoms with Crippen LogP contribution in [0.15, 0.2) is 0 Å². The quantitative estimate of drug-likeness (QED) is 0.607. The number of nitrogens with two attached hydrogens (primary N) is 1. The predicted molar refractivity (Wildman–Crippen MR) is 45.6 cm³/mol. The Morgan fingerprint density at radius 3 is 2.90 bits per heavy atom. The molecule has 1 saturated heterocycles. The third-order valence-electron chi connectivity index (χ3n) is 1.91. The zero-order valence-corrected chi connectivity index (χ0v) is 7.83. The first-order chi connectivity index (χ1) is 4.79. The molecule has 1 aliphatic rings. The maximum atomic E-state index is 5.68. The van der Waals surface area contributed by atoms with Crippen LogP contribution in [-0.4, -0.2) is 21.7 Å². The van der Waals surface area contributed by atoms with Crippen molar-refractivity contribution in [2.24, 2.45) is 5.73 Å². The van der Waals surface area contributed by atoms with Gasteiger partial charge in [-0.05, 0) is 18.5 Å². The molecule has 0 aromatic heterocycles. The normalized spacial score (nSPS) is 30.0. The molecule has 1 rings (SSSR count). The number of rotatable bonds is 2. The van der Waals surface area contributed by atoms with Crippen molar-refractivity contribution in [3.05, 3.63) is 0 Å². The number of hydrogen-bond donors (Lipinski definition) is 1. The van der Waals surface area contributed by atoms with E-state index in [1.165, 1.54) is 24.9 Å². The molecule has 0 bridgehead atoms. The third kappa shape index (κ3) is 2.81. The van der Waals surface area contributed by atoms with E-state index in [4.69, 9.17) is 10.2 Å². The highest BCUT2D eigenvalue weighted by Gasteiger charge is 2.16. The molecular weight excluding hydrogens is 142 g/mol. The summed E-state index contributed by atoms with van der Waals surface area (Å²) in [5.41, 5.74) is 5.68. The highest BCUT2D eigenvalue weighted by atomic mass is 28.3. The molecule has 1 heterocycles. The van der Waals surface area contributed by atoms with Crippen molar-refractivity contribution in [2.45, 2.75) is 37.9 Å². The molecule has 3 heteroatoms. The predicted octanol–water partition coefficient (Wildman–Crippen LogP) is 0.868. The molecule has 0 aromatic rings. The van der Waals surface area contributed by atoms with Crippen LogP contribution in [0.4, 0.5) is 0 Å². The summed E-state index contributed by atoms with van der Waals surface area (Å²) in [5, 5.41) is 0. The highest BCUT2D eigenvalue weighted by Crippen LogP contribution is 2.14. The van der Waals surface area contributed by atoms with Gasteiger partial charge in [0, 0.05) is 12.6 Å². The molecule has 2 unspecified atom stereocenters. The van der Waals surface area contributed by atoms with Crippen LogP contribution >= 0.6 is 0 Å². The smallest absolute Gasteiger partial charge is 0.178 e. The summed E-state index contributed by atoms with van der Waals surface area (Å²) in [7, 11) is -0.809. The van der Waals surface area contributed by atoms with Gasteiger partial charge in [-0.15, -0.1) is 0 Å². The zero-order valence-electron chi connectivity index (χ0n) is 6.68. The van der Waals surface area contributed by atoms with Crippen LogP contribution in [-0.2, 0) is 4.43 Å². The summed E-state index contributed by atoms with van der Waals surface area (Å²) in [6.45, 7) is 3.08. The molecule has 0 aliphatic carbocycles. The van der Waals surface area contributed by atoms with Crippen molar-refractivity contribution in [3.63, 3.8) is 0 Å². The Balaban J connectivity index is 2.13. The van der Waals surface area contributed by atoms with Gasteiger partial charge in [0.25, 0.3) is 0 Å². The molecule has 0 saturated carbocycles. The fraction of sp³-hybridized carbons (Fsp3) is 1.00. The van der Waals surface area contributed by atoms with Crippen LogP contribution in [0.3, 0.4) is 0 Å². The molecule has 10 heavy (non-hydrogen) atoms. The van der Waals surface area contributed by atoms with Crippen molar-refractivity contribution in [3.8, 4) is 0 Å². The van der Waals surface area contributed by atoms with Crippen molar-refractivity contribution < 1.29 is 4.43 Å². The van der Waals surface area contributed by atoms with E-state index in [2.05, 4.69) is 6.92 Å². The highest BCUT2D eigenvalue weighted by molar-refractivity contribution is 6.52. The molecule has 0 amide bonds. The van der Waals surface area contributed by atoms with E-state index in [0.717, 1.165) is 6.61 Å². The van der Waals surface area contributed by atoms with E-state index in [9.17, 15) is 0 Å². The first-order valence-electron chi connectivity index (χ1n) is 4.16. The Labute approximate surface area is 64.5 Å². The van der Waals surface area contributed by atoms with Crippen LogP contribution in [0, 0.1) is 0 Å². The second-order valence-electron chi connectivity index (χ2n) is 3.20. The van der Waals surface area contributed by atoms with Crippen LogP contribution in [0.2, 0.25) is 12.1 Å². The summed E-state index contributed by atoms with van der Waals surface area (Å²) in [4.78, 5) is 0. The summed E-state index contributed by atoms with van der Waals surface area (Å²) in [6, 6.07) is 2.87. The van der Waals surface area contributed by atoms with Crippen LogP contribution in [0.1, 0.15) is 19.8 Å². The average Bonchev–Trinajstić information content (AvgIpc) is 1.88. The molecule has 2 nitrogen and oxygen atoms in total. The Morgan fingerprint density at radius 1 is 1.60 bits per heavy atom. The molecule has 2 N–H and O–H groups in total. The minimum Gasteiger partial charge on any atom is -0.420 e. The Kier molecular flexibility index (Phi) is 3.38. The summed E-state index contributed by atoms with van der Waals surface area (Å²) >= 11 is 0. The van der Waals surface area contributed by atoms with Gasteiger partial charge in [-0.25, -0.2) is 0 Å². The zero-order chi connectivity index (χ0) is 7.40. The van der Waals surface area contributed by atoms with Gasteiger partial charge < -0.3 is 10.2 Å². The Bertz CT molecular complexity index is 91.6. The Hall–Kier alpha value is 0.137. The van der Waals surface area contributed by atoms with E-state index in [0.29, 0.717) is 6.04 Å². The van der Waals surface area contributed by atoms with Gasteiger partial charge in [0.1, 0.15) is 0 Å². The van der Waals surface area contributed by atoms with Gasteiger partial charge in [0.2, 0.25) is 0 Å². The summed E-state index contributed by atoms with van der Waals surface area (Å²) in [6.07, 6.45) is 2.64. The topological polar surface area (TPSA) is 35.2 Å². The first-order valence-corrected chi connectivity index (χ1v) is 6.26. The number of hydrogen-bond acceptors (Lipinski definition) is 2. The van der Waals surface area contributed by atoms with Crippen LogP contribution in [0.25, 0.3) is 0 Å². The van der Waals surface area contributed by atoms with Crippen LogP contribution in [0.5, 0.6) is 0 Å². The first kappa shape index (κ1) is 8.24. The largest absolute Gasteiger partial charge is 0.420 e. The standard InChI is InChI=1S/C7H17NOSi/c1-7(8)6-10-5-3-2-4-9-10/h7,10H,2-6,8H2,1H3. The van der Waals surface area contributed by atoms with Gasteiger partial charge in [-0.2, -0.15) is 0 Å². The molecular formula is C7H17NOSi. The van der Waals surface area contributed by atoms with Crippen molar-refractivity contribution in [1.82, 2.24) is 0 Å². The molecule has 2 atom stereocenters. The van der Waals surface area contributed by atoms with Gasteiger partial charge in [0.05, 0.1) is 0 Å². The summed E-state index contributed by atoms with van der Waals surface area (Å²) in [5.74, 6) is 0. The molecule has 0 radical (unpaired) electrons. The van der Waals surface area contributed by atoms with E-state index in [-0.39, 0.29) is 0 Å². The minimum absolute atomic E-state index is 0.356. The molecule has 0 spiro atoms. The van der Waals surface area contributed by atoms with Gasteiger partial charge in [-0.3, -0.25) is 0 Å². The van der Waals surface area contributed by atoms with Gasteiger partial charge >= 0.3 is 0 Å². The average molecular weight is 159 g/mol. The summed E-state index contributed by atoms with van der Waals surface area (Å²) < 4.78 is 5.65. The van der Waals surface area contributed by atoms with Gasteiger partial charge in [0.15, 0.2) is 9.04 Å². The fourth-order valence-corrected chi connectivity index (χ4v) is 4.02. The van der Waals surface area contributed by atoms with Crippen molar-refractivity contribution in [2.75, 3.05) is 6.61 Å². The minimum atomic E-state index is -0.809. The van der Waals surface area contributed by atoms with E-state index in [1.54, 1.807) is 0 Å². The van der Waals surface area contributed by atoms with E-state index >= 15 is 0 Å². The molecule has 1 fully saturated rings. The van der Waals surface area contributed by atoms with E-state index in [1.807, 2.05) is 0 Å². The Morgan fingerprint density at radius 2 is 2.40 bits per heavy atom. The molecule has 60 valence electrons. The molecule has 1 aliphatic heterocycles. The second-order valence-corrected chi connectivity index (χ2v) is 5.83. The molecule has 0 aromatic carbocycles. The van der Waals surface area contributed by atoms with Crippen molar-refractivity contribution in [1.29, 1.82) is 0 Å². The lowest BCUT2D eigenvalue weighted by Crippen LogP contribution is -2.30.